The van der Waals surface area contributed by atoms with Crippen LogP contribution >= 0.6 is 0 Å². The summed E-state index contributed by atoms with van der Waals surface area (Å²) in [7, 11) is 1.61. The van der Waals surface area contributed by atoms with Crippen molar-refractivity contribution in [3.05, 3.63) is 70.4 Å². The maximum Gasteiger partial charge on any atom is 0.251 e. The van der Waals surface area contributed by atoms with E-state index in [1.54, 1.807) is 30.0 Å². The number of hydrogen-bond acceptors (Lipinski definition) is 4. The molecule has 1 aliphatic rings. The van der Waals surface area contributed by atoms with Crippen LogP contribution in [-0.2, 0) is 13.0 Å². The van der Waals surface area contributed by atoms with Gasteiger partial charge in [0.2, 0.25) is 0 Å². The van der Waals surface area contributed by atoms with E-state index in [1.165, 1.54) is 30.5 Å². The Morgan fingerprint density at radius 3 is 2.60 bits per heavy atom. The van der Waals surface area contributed by atoms with Gasteiger partial charge in [-0.15, -0.1) is 0 Å². The predicted octanol–water partition coefficient (Wildman–Crippen LogP) is 3.89. The number of piperidine rings is 1. The highest BCUT2D eigenvalue weighted by atomic mass is 19.1. The van der Waals surface area contributed by atoms with Gasteiger partial charge >= 0.3 is 0 Å². The number of aryl methyl sites for hydroxylation is 1. The third-order valence-electron chi connectivity index (χ3n) is 6.15. The van der Waals surface area contributed by atoms with Crippen molar-refractivity contribution in [2.75, 3.05) is 26.7 Å². The first-order valence-electron chi connectivity index (χ1n) is 10.6. The average Bonchev–Trinajstić information content (AvgIpc) is 2.78. The summed E-state index contributed by atoms with van der Waals surface area (Å²) < 4.78 is 20.1. The summed E-state index contributed by atoms with van der Waals surface area (Å²) >= 11 is 0. The largest absolute Gasteiger partial charge is 0.495 e. The van der Waals surface area contributed by atoms with Crippen LogP contribution in [0.2, 0.25) is 0 Å². The lowest BCUT2D eigenvalue weighted by molar-refractivity contribution is 0.174. The van der Waals surface area contributed by atoms with Gasteiger partial charge in [-0.1, -0.05) is 12.1 Å². The molecule has 0 amide bonds. The third-order valence-corrected chi connectivity index (χ3v) is 6.15. The Kier molecular flexibility index (Phi) is 6.43. The number of rotatable bonds is 7. The van der Waals surface area contributed by atoms with Crippen LogP contribution in [0.4, 0.5) is 4.39 Å². The molecule has 30 heavy (non-hydrogen) atoms. The highest BCUT2D eigenvalue weighted by Gasteiger charge is 2.19. The molecule has 158 valence electrons. The molecule has 3 heterocycles. The van der Waals surface area contributed by atoms with Crippen molar-refractivity contribution < 1.29 is 9.13 Å². The highest BCUT2D eigenvalue weighted by molar-refractivity contribution is 5.75. The fourth-order valence-corrected chi connectivity index (χ4v) is 4.25. The summed E-state index contributed by atoms with van der Waals surface area (Å²) in [4.78, 5) is 19.3. The Balaban J connectivity index is 1.31. The number of benzene rings is 1. The molecule has 0 unspecified atom stereocenters. The molecule has 1 fully saturated rings. The fraction of sp³-hybridized carbons (Fsp3) is 0.417. The number of likely N-dealkylation sites (tertiary alicyclic amines) is 1. The molecule has 1 aromatic carbocycles. The number of fused-ring (bicyclic) bond motifs is 1. The standard InChI is InChI=1S/C24H28FN3O2/c1-30-21-16-23-22(26-17-21)8-9-24(29)28(23)15-14-27-12-10-19(11-13-27)3-2-18-4-6-20(25)7-5-18/h4-9,16-17,19H,2-3,10-15H2,1H3. The zero-order valence-corrected chi connectivity index (χ0v) is 17.4. The first-order chi connectivity index (χ1) is 14.6. The molecular formula is C24H28FN3O2. The molecule has 0 spiro atoms. The van der Waals surface area contributed by atoms with Gasteiger partial charge in [0, 0.05) is 25.2 Å². The van der Waals surface area contributed by atoms with Crippen molar-refractivity contribution in [3.8, 4) is 5.75 Å². The Morgan fingerprint density at radius 1 is 1.10 bits per heavy atom. The summed E-state index contributed by atoms with van der Waals surface area (Å²) in [6.45, 7) is 3.59. The van der Waals surface area contributed by atoms with Crippen LogP contribution < -0.4 is 10.3 Å². The zero-order chi connectivity index (χ0) is 20.9. The second-order valence-electron chi connectivity index (χ2n) is 8.05. The van der Waals surface area contributed by atoms with E-state index in [2.05, 4.69) is 9.88 Å². The van der Waals surface area contributed by atoms with E-state index in [0.717, 1.165) is 43.5 Å². The molecule has 5 nitrogen and oxygen atoms in total. The Morgan fingerprint density at radius 2 is 1.87 bits per heavy atom. The van der Waals surface area contributed by atoms with E-state index in [0.29, 0.717) is 18.2 Å². The minimum Gasteiger partial charge on any atom is -0.495 e. The number of ether oxygens (including phenoxy) is 1. The first kappa shape index (κ1) is 20.5. The third kappa shape index (κ3) is 4.87. The number of halogens is 1. The quantitative estimate of drug-likeness (QED) is 0.594. The Bertz CT molecular complexity index is 1040. The minimum absolute atomic E-state index is 0.00765. The summed E-state index contributed by atoms with van der Waals surface area (Å²) in [5.41, 5.74) is 2.82. The fourth-order valence-electron chi connectivity index (χ4n) is 4.25. The molecule has 0 radical (unpaired) electrons. The number of nitrogens with zero attached hydrogens (tertiary/aromatic N) is 3. The van der Waals surface area contributed by atoms with Gasteiger partial charge in [0.25, 0.3) is 5.56 Å². The number of aromatic nitrogens is 2. The summed E-state index contributed by atoms with van der Waals surface area (Å²) in [6, 6.07) is 12.1. The molecule has 0 saturated carbocycles. The molecular weight excluding hydrogens is 381 g/mol. The van der Waals surface area contributed by atoms with Crippen molar-refractivity contribution in [1.82, 2.24) is 14.5 Å². The van der Waals surface area contributed by atoms with Gasteiger partial charge in [0.15, 0.2) is 0 Å². The van der Waals surface area contributed by atoms with E-state index in [-0.39, 0.29) is 11.4 Å². The molecule has 1 saturated heterocycles. The van der Waals surface area contributed by atoms with Crippen molar-refractivity contribution in [1.29, 1.82) is 0 Å². The van der Waals surface area contributed by atoms with Crippen LogP contribution in [0.15, 0.2) is 53.5 Å². The van der Waals surface area contributed by atoms with Crippen molar-refractivity contribution in [2.24, 2.45) is 5.92 Å². The topological polar surface area (TPSA) is 47.4 Å². The molecule has 0 aliphatic carbocycles. The Hall–Kier alpha value is -2.73. The second kappa shape index (κ2) is 9.39. The van der Waals surface area contributed by atoms with Crippen LogP contribution in [0.25, 0.3) is 11.0 Å². The van der Waals surface area contributed by atoms with Crippen LogP contribution in [0, 0.1) is 11.7 Å². The zero-order valence-electron chi connectivity index (χ0n) is 17.4. The lowest BCUT2D eigenvalue weighted by atomic mass is 9.90. The molecule has 0 atom stereocenters. The molecule has 0 N–H and O–H groups in total. The monoisotopic (exact) mass is 409 g/mol. The van der Waals surface area contributed by atoms with E-state index in [9.17, 15) is 9.18 Å². The van der Waals surface area contributed by atoms with Crippen LogP contribution in [0.5, 0.6) is 5.75 Å². The van der Waals surface area contributed by atoms with E-state index < -0.39 is 0 Å². The number of methoxy groups -OCH3 is 1. The van der Waals surface area contributed by atoms with E-state index in [4.69, 9.17) is 4.74 Å². The Labute approximate surface area is 176 Å². The SMILES string of the molecule is COc1cnc2ccc(=O)n(CCN3CCC(CCc4ccc(F)cc4)CC3)c2c1. The number of pyridine rings is 2. The molecule has 6 heteroatoms. The van der Waals surface area contributed by atoms with Gasteiger partial charge in [0.1, 0.15) is 11.6 Å². The van der Waals surface area contributed by atoms with Crippen molar-refractivity contribution in [2.45, 2.75) is 32.2 Å². The number of hydrogen-bond donors (Lipinski definition) is 0. The average molecular weight is 410 g/mol. The molecule has 1 aliphatic heterocycles. The van der Waals surface area contributed by atoms with Gasteiger partial charge in [-0.3, -0.25) is 9.78 Å². The molecule has 3 aromatic rings. The summed E-state index contributed by atoms with van der Waals surface area (Å²) in [5.74, 6) is 1.19. The van der Waals surface area contributed by atoms with Gasteiger partial charge in [-0.05, 0) is 68.5 Å². The van der Waals surface area contributed by atoms with Crippen LogP contribution in [0.3, 0.4) is 0 Å². The first-order valence-corrected chi connectivity index (χ1v) is 10.6. The smallest absolute Gasteiger partial charge is 0.251 e. The maximum absolute atomic E-state index is 13.0. The van der Waals surface area contributed by atoms with Gasteiger partial charge < -0.3 is 14.2 Å². The summed E-state index contributed by atoms with van der Waals surface area (Å²) in [6.07, 6.45) is 6.16. The second-order valence-corrected chi connectivity index (χ2v) is 8.05. The maximum atomic E-state index is 13.0. The lowest BCUT2D eigenvalue weighted by Gasteiger charge is -2.32. The van der Waals surface area contributed by atoms with Gasteiger partial charge in [-0.2, -0.15) is 0 Å². The highest BCUT2D eigenvalue weighted by Crippen LogP contribution is 2.23. The van der Waals surface area contributed by atoms with E-state index >= 15 is 0 Å². The van der Waals surface area contributed by atoms with Crippen molar-refractivity contribution >= 4 is 11.0 Å². The molecule has 4 rings (SSSR count). The van der Waals surface area contributed by atoms with Gasteiger partial charge in [-0.25, -0.2) is 4.39 Å². The lowest BCUT2D eigenvalue weighted by Crippen LogP contribution is -2.37. The predicted molar refractivity (Wildman–Crippen MR) is 116 cm³/mol. The van der Waals surface area contributed by atoms with Gasteiger partial charge in [0.05, 0.1) is 24.3 Å². The van der Waals surface area contributed by atoms with Crippen molar-refractivity contribution in [3.63, 3.8) is 0 Å². The summed E-state index contributed by atoms with van der Waals surface area (Å²) in [5, 5.41) is 0. The van der Waals surface area contributed by atoms with Crippen LogP contribution in [-0.4, -0.2) is 41.2 Å². The normalized spacial score (nSPS) is 15.5. The molecule has 0 bridgehead atoms. The van der Waals surface area contributed by atoms with Crippen LogP contribution in [0.1, 0.15) is 24.8 Å². The van der Waals surface area contributed by atoms with E-state index in [1.807, 2.05) is 18.2 Å². The molecule has 2 aromatic heterocycles. The minimum atomic E-state index is -0.174.